The summed E-state index contributed by atoms with van der Waals surface area (Å²) in [7, 11) is -0.985. The Kier molecular flexibility index (Phi) is 5.68. The summed E-state index contributed by atoms with van der Waals surface area (Å²) in [6, 6.07) is 1.32. The average Bonchev–Trinajstić information content (AvgIpc) is 2.02. The fourth-order valence-electron chi connectivity index (χ4n) is 1.97. The fourth-order valence-corrected chi connectivity index (χ4v) is 4.66. The third-order valence-electron chi connectivity index (χ3n) is 2.38. The highest BCUT2D eigenvalue weighted by atomic mass is 28.3. The lowest BCUT2D eigenvalue weighted by atomic mass is 9.93. The quantitative estimate of drug-likeness (QED) is 0.388. The highest BCUT2D eigenvalue weighted by Gasteiger charge is 2.27. The Labute approximate surface area is 91.0 Å². The lowest BCUT2D eigenvalue weighted by Crippen LogP contribution is -2.37. The molecule has 0 spiro atoms. The number of rotatable bonds is 7. The summed E-state index contributed by atoms with van der Waals surface area (Å²) in [6.07, 6.45) is 3.34. The maximum atomic E-state index is 3.98. The van der Waals surface area contributed by atoms with Gasteiger partial charge in [-0.25, -0.2) is 0 Å². The van der Waals surface area contributed by atoms with E-state index in [0.717, 1.165) is 13.1 Å². The summed E-state index contributed by atoms with van der Waals surface area (Å²) in [5.74, 6) is 0. The van der Waals surface area contributed by atoms with Crippen molar-refractivity contribution in [3.05, 3.63) is 12.7 Å². The Bertz CT molecular complexity index is 172. The van der Waals surface area contributed by atoms with Crippen LogP contribution in [0.25, 0.3) is 0 Å². The van der Waals surface area contributed by atoms with Crippen molar-refractivity contribution in [1.82, 2.24) is 5.32 Å². The van der Waals surface area contributed by atoms with Crippen molar-refractivity contribution in [1.29, 1.82) is 0 Å². The van der Waals surface area contributed by atoms with E-state index in [2.05, 4.69) is 51.5 Å². The van der Waals surface area contributed by atoms with Crippen molar-refractivity contribution in [3.63, 3.8) is 0 Å². The second-order valence-corrected chi connectivity index (χ2v) is 11.2. The molecule has 0 aromatic carbocycles. The minimum atomic E-state index is -0.985. The van der Waals surface area contributed by atoms with E-state index >= 15 is 0 Å². The molecule has 14 heavy (non-hydrogen) atoms. The Hall–Kier alpha value is -0.0831. The Morgan fingerprint density at radius 3 is 2.29 bits per heavy atom. The molecule has 0 amide bonds. The molecule has 1 nitrogen and oxygen atoms in total. The van der Waals surface area contributed by atoms with Crippen molar-refractivity contribution in [2.45, 2.75) is 46.0 Å². The summed E-state index contributed by atoms with van der Waals surface area (Å²) < 4.78 is 0. The standard InChI is InChI=1S/C12H27NSi/c1-7-9-13-10-12(3,8-2)11-14(4,5)6/h8,13H,2,7,9-11H2,1,3-6H3. The van der Waals surface area contributed by atoms with Gasteiger partial charge in [0.25, 0.3) is 0 Å². The highest BCUT2D eigenvalue weighted by molar-refractivity contribution is 6.76. The maximum absolute atomic E-state index is 3.98. The van der Waals surface area contributed by atoms with Gasteiger partial charge in [-0.2, -0.15) is 0 Å². The predicted molar refractivity (Wildman–Crippen MR) is 69.6 cm³/mol. The van der Waals surface area contributed by atoms with Gasteiger partial charge in [0.15, 0.2) is 0 Å². The lowest BCUT2D eigenvalue weighted by Gasteiger charge is -2.32. The van der Waals surface area contributed by atoms with Gasteiger partial charge < -0.3 is 5.32 Å². The van der Waals surface area contributed by atoms with E-state index in [0.29, 0.717) is 5.41 Å². The normalized spacial score (nSPS) is 16.4. The molecule has 2 heteroatoms. The molecule has 1 atom stereocenters. The third-order valence-corrected chi connectivity index (χ3v) is 4.25. The Morgan fingerprint density at radius 1 is 1.36 bits per heavy atom. The molecule has 84 valence electrons. The van der Waals surface area contributed by atoms with Gasteiger partial charge >= 0.3 is 0 Å². The minimum absolute atomic E-state index is 0.291. The summed E-state index contributed by atoms with van der Waals surface area (Å²) in [4.78, 5) is 0. The van der Waals surface area contributed by atoms with Crippen LogP contribution in [0.4, 0.5) is 0 Å². The zero-order chi connectivity index (χ0) is 11.2. The van der Waals surface area contributed by atoms with Crippen molar-refractivity contribution < 1.29 is 0 Å². The molecule has 0 bridgehead atoms. The molecule has 0 aliphatic carbocycles. The first-order valence-electron chi connectivity index (χ1n) is 5.67. The van der Waals surface area contributed by atoms with E-state index in [1.165, 1.54) is 12.5 Å². The summed E-state index contributed by atoms with van der Waals surface area (Å²) in [5, 5.41) is 3.50. The van der Waals surface area contributed by atoms with Gasteiger partial charge in [-0.05, 0) is 24.4 Å². The molecule has 0 fully saturated rings. The van der Waals surface area contributed by atoms with E-state index in [1.54, 1.807) is 0 Å². The van der Waals surface area contributed by atoms with Crippen LogP contribution in [-0.4, -0.2) is 21.2 Å². The molecule has 1 unspecified atom stereocenters. The van der Waals surface area contributed by atoms with Crippen LogP contribution in [-0.2, 0) is 0 Å². The van der Waals surface area contributed by atoms with Crippen LogP contribution < -0.4 is 5.32 Å². The second kappa shape index (κ2) is 5.71. The van der Waals surface area contributed by atoms with Crippen LogP contribution in [0.2, 0.25) is 25.7 Å². The first-order valence-corrected chi connectivity index (χ1v) is 9.38. The van der Waals surface area contributed by atoms with Gasteiger partial charge in [0, 0.05) is 14.6 Å². The van der Waals surface area contributed by atoms with Gasteiger partial charge in [0.05, 0.1) is 0 Å². The molecule has 0 radical (unpaired) electrons. The topological polar surface area (TPSA) is 12.0 Å². The molecule has 0 aliphatic heterocycles. The van der Waals surface area contributed by atoms with Crippen molar-refractivity contribution in [2.75, 3.05) is 13.1 Å². The number of nitrogens with one attached hydrogen (secondary N) is 1. The molecule has 1 N–H and O–H groups in total. The first-order chi connectivity index (χ1) is 6.33. The van der Waals surface area contributed by atoms with E-state index in [4.69, 9.17) is 0 Å². The zero-order valence-corrected chi connectivity index (χ0v) is 11.6. The maximum Gasteiger partial charge on any atom is 0.0451 e. The molecular formula is C12H27NSi. The van der Waals surface area contributed by atoms with E-state index in [1.807, 2.05) is 0 Å². The molecule has 0 aliphatic rings. The zero-order valence-electron chi connectivity index (χ0n) is 10.6. The molecule has 0 aromatic rings. The molecule has 0 heterocycles. The van der Waals surface area contributed by atoms with E-state index < -0.39 is 8.07 Å². The Morgan fingerprint density at radius 2 is 1.93 bits per heavy atom. The van der Waals surface area contributed by atoms with Gasteiger partial charge in [-0.15, -0.1) is 6.58 Å². The van der Waals surface area contributed by atoms with Crippen LogP contribution in [0.5, 0.6) is 0 Å². The second-order valence-electron chi connectivity index (χ2n) is 5.77. The molecular weight excluding hydrogens is 186 g/mol. The van der Waals surface area contributed by atoms with Crippen LogP contribution >= 0.6 is 0 Å². The third kappa shape index (κ3) is 6.38. The average molecular weight is 213 g/mol. The molecule has 0 saturated carbocycles. The van der Waals surface area contributed by atoms with Gasteiger partial charge in [-0.3, -0.25) is 0 Å². The fraction of sp³-hybridized carbons (Fsp3) is 0.833. The largest absolute Gasteiger partial charge is 0.316 e. The van der Waals surface area contributed by atoms with Crippen LogP contribution in [0, 0.1) is 5.41 Å². The molecule has 0 aromatic heterocycles. The minimum Gasteiger partial charge on any atom is -0.316 e. The van der Waals surface area contributed by atoms with Gasteiger partial charge in [-0.1, -0.05) is 39.6 Å². The van der Waals surface area contributed by atoms with Gasteiger partial charge in [0.1, 0.15) is 0 Å². The van der Waals surface area contributed by atoms with Crippen molar-refractivity contribution >= 4 is 8.07 Å². The van der Waals surface area contributed by atoms with Gasteiger partial charge in [0.2, 0.25) is 0 Å². The summed E-state index contributed by atoms with van der Waals surface area (Å²) >= 11 is 0. The Balaban J connectivity index is 4.11. The summed E-state index contributed by atoms with van der Waals surface area (Å²) in [6.45, 7) is 18.0. The predicted octanol–water partition coefficient (Wildman–Crippen LogP) is 3.52. The van der Waals surface area contributed by atoms with Crippen LogP contribution in [0.15, 0.2) is 12.7 Å². The van der Waals surface area contributed by atoms with Crippen LogP contribution in [0.3, 0.4) is 0 Å². The van der Waals surface area contributed by atoms with Crippen molar-refractivity contribution in [2.24, 2.45) is 5.41 Å². The van der Waals surface area contributed by atoms with E-state index in [9.17, 15) is 0 Å². The van der Waals surface area contributed by atoms with Crippen molar-refractivity contribution in [3.8, 4) is 0 Å². The smallest absolute Gasteiger partial charge is 0.0451 e. The SMILES string of the molecule is C=CC(C)(CNCCC)C[Si](C)(C)C. The monoisotopic (exact) mass is 213 g/mol. The molecule has 0 rings (SSSR count). The van der Waals surface area contributed by atoms with Crippen LogP contribution in [0.1, 0.15) is 20.3 Å². The molecule has 0 saturated heterocycles. The number of hydrogen-bond donors (Lipinski definition) is 1. The first kappa shape index (κ1) is 13.9. The lowest BCUT2D eigenvalue weighted by molar-refractivity contribution is 0.429. The van der Waals surface area contributed by atoms with E-state index in [-0.39, 0.29) is 0 Å². The highest BCUT2D eigenvalue weighted by Crippen LogP contribution is 2.29. The number of hydrogen-bond acceptors (Lipinski definition) is 1. The summed E-state index contributed by atoms with van der Waals surface area (Å²) in [5.41, 5.74) is 0.291.